The molecule has 0 spiro atoms. The van der Waals surface area contributed by atoms with Crippen molar-refractivity contribution < 1.29 is 14.3 Å². The third kappa shape index (κ3) is 4.21. The fraction of sp³-hybridized carbons (Fsp3) is 0.0909. The van der Waals surface area contributed by atoms with E-state index in [1.807, 2.05) is 54.6 Å². The molecule has 0 atom stereocenters. The molecule has 26 heavy (non-hydrogen) atoms. The van der Waals surface area contributed by atoms with Crippen molar-refractivity contribution in [3.8, 4) is 0 Å². The first kappa shape index (κ1) is 18.0. The SMILES string of the molecule is CC(=O)COC(=O)c1ccccc1[S+](c1ccccc1)c1ccccc1. The molecular formula is C22H19O3S+. The zero-order valence-corrected chi connectivity index (χ0v) is 15.2. The second-order valence-corrected chi connectivity index (χ2v) is 7.70. The zero-order chi connectivity index (χ0) is 18.4. The van der Waals surface area contributed by atoms with E-state index >= 15 is 0 Å². The van der Waals surface area contributed by atoms with Crippen LogP contribution in [0.5, 0.6) is 0 Å². The Morgan fingerprint density at radius 1 is 0.769 bits per heavy atom. The largest absolute Gasteiger partial charge is 0.454 e. The Labute approximate surface area is 156 Å². The van der Waals surface area contributed by atoms with Gasteiger partial charge in [-0.25, -0.2) is 4.79 Å². The minimum absolute atomic E-state index is 0.180. The van der Waals surface area contributed by atoms with Gasteiger partial charge < -0.3 is 4.74 Å². The molecule has 3 nitrogen and oxygen atoms in total. The summed E-state index contributed by atoms with van der Waals surface area (Å²) < 4.78 is 5.17. The summed E-state index contributed by atoms with van der Waals surface area (Å²) in [6.07, 6.45) is 0. The third-order valence-electron chi connectivity index (χ3n) is 3.69. The quantitative estimate of drug-likeness (QED) is 0.477. The van der Waals surface area contributed by atoms with E-state index in [0.29, 0.717) is 5.56 Å². The molecule has 0 bridgehead atoms. The predicted molar refractivity (Wildman–Crippen MR) is 102 cm³/mol. The number of carbonyl (C=O) groups excluding carboxylic acids is 2. The Hall–Kier alpha value is -2.85. The van der Waals surface area contributed by atoms with Crippen LogP contribution in [0.25, 0.3) is 0 Å². The number of ketones is 1. The molecule has 130 valence electrons. The summed E-state index contributed by atoms with van der Waals surface area (Å²) in [6.45, 7) is 1.19. The second-order valence-electron chi connectivity index (χ2n) is 5.71. The molecule has 3 aromatic carbocycles. The standard InChI is InChI=1S/C22H19O3S/c1-17(23)16-25-22(24)20-14-8-9-15-21(20)26(18-10-4-2-5-11-18)19-12-6-3-7-13-19/h2-15H,16H2,1H3/q+1. The Morgan fingerprint density at radius 2 is 1.27 bits per heavy atom. The summed E-state index contributed by atoms with van der Waals surface area (Å²) in [7, 11) is -0.447. The van der Waals surface area contributed by atoms with Crippen molar-refractivity contribution in [3.63, 3.8) is 0 Å². The second kappa shape index (κ2) is 8.50. The number of ether oxygens (including phenoxy) is 1. The van der Waals surface area contributed by atoms with Gasteiger partial charge >= 0.3 is 5.97 Å². The Morgan fingerprint density at radius 3 is 1.81 bits per heavy atom. The molecule has 0 heterocycles. The highest BCUT2D eigenvalue weighted by molar-refractivity contribution is 7.97. The molecule has 0 amide bonds. The molecule has 0 N–H and O–H groups in total. The molecule has 3 rings (SSSR count). The monoisotopic (exact) mass is 363 g/mol. The van der Waals surface area contributed by atoms with E-state index in [9.17, 15) is 9.59 Å². The molecule has 4 heteroatoms. The Balaban J connectivity index is 2.08. The maximum Gasteiger partial charge on any atom is 0.343 e. The van der Waals surface area contributed by atoms with E-state index in [2.05, 4.69) is 24.3 Å². The highest BCUT2D eigenvalue weighted by Gasteiger charge is 2.33. The van der Waals surface area contributed by atoms with Gasteiger partial charge in [-0.3, -0.25) is 4.79 Å². The summed E-state index contributed by atoms with van der Waals surface area (Å²) in [6, 6.07) is 27.6. The molecule has 0 unspecified atom stereocenters. The lowest BCUT2D eigenvalue weighted by Crippen LogP contribution is -2.16. The number of hydrogen-bond donors (Lipinski definition) is 0. The number of hydrogen-bond acceptors (Lipinski definition) is 3. The lowest BCUT2D eigenvalue weighted by molar-refractivity contribution is -0.120. The highest BCUT2D eigenvalue weighted by Crippen LogP contribution is 2.33. The summed E-state index contributed by atoms with van der Waals surface area (Å²) in [5.74, 6) is -0.652. The van der Waals surface area contributed by atoms with Crippen LogP contribution >= 0.6 is 0 Å². The fourth-order valence-corrected chi connectivity index (χ4v) is 4.79. The Kier molecular flexibility index (Phi) is 5.87. The number of esters is 1. The van der Waals surface area contributed by atoms with Gasteiger partial charge in [0.2, 0.25) is 0 Å². The topological polar surface area (TPSA) is 43.4 Å². The van der Waals surface area contributed by atoms with Gasteiger partial charge in [0, 0.05) is 0 Å². The van der Waals surface area contributed by atoms with Crippen LogP contribution < -0.4 is 0 Å². The van der Waals surface area contributed by atoms with Gasteiger partial charge in [0.1, 0.15) is 23.1 Å². The average molecular weight is 363 g/mol. The van der Waals surface area contributed by atoms with Gasteiger partial charge in [-0.15, -0.1) is 0 Å². The van der Waals surface area contributed by atoms with Crippen LogP contribution in [0.1, 0.15) is 17.3 Å². The molecule has 0 aliphatic rings. The Bertz CT molecular complexity index is 852. The molecule has 0 aliphatic carbocycles. The minimum Gasteiger partial charge on any atom is -0.454 e. The van der Waals surface area contributed by atoms with Crippen molar-refractivity contribution >= 4 is 22.6 Å². The smallest absolute Gasteiger partial charge is 0.343 e. The maximum absolute atomic E-state index is 12.6. The van der Waals surface area contributed by atoms with Gasteiger partial charge in [-0.05, 0) is 43.3 Å². The number of carbonyl (C=O) groups is 2. The zero-order valence-electron chi connectivity index (χ0n) is 14.4. The molecular weight excluding hydrogens is 344 g/mol. The lowest BCUT2D eigenvalue weighted by atomic mass is 10.2. The first-order valence-electron chi connectivity index (χ1n) is 8.27. The van der Waals surface area contributed by atoms with E-state index in [0.717, 1.165) is 14.7 Å². The van der Waals surface area contributed by atoms with Crippen molar-refractivity contribution in [2.45, 2.75) is 21.6 Å². The molecule has 0 fully saturated rings. The predicted octanol–water partition coefficient (Wildman–Crippen LogP) is 4.53. The van der Waals surface area contributed by atoms with Crippen LogP contribution in [0.4, 0.5) is 0 Å². The van der Waals surface area contributed by atoms with Crippen LogP contribution in [-0.2, 0) is 20.4 Å². The molecule has 0 radical (unpaired) electrons. The van der Waals surface area contributed by atoms with Crippen LogP contribution in [0.3, 0.4) is 0 Å². The van der Waals surface area contributed by atoms with Gasteiger partial charge in [-0.2, -0.15) is 0 Å². The van der Waals surface area contributed by atoms with E-state index < -0.39 is 16.9 Å². The van der Waals surface area contributed by atoms with Crippen molar-refractivity contribution in [2.24, 2.45) is 0 Å². The maximum atomic E-state index is 12.6. The van der Waals surface area contributed by atoms with Crippen molar-refractivity contribution in [1.29, 1.82) is 0 Å². The summed E-state index contributed by atoms with van der Waals surface area (Å²) in [5.41, 5.74) is 0.491. The van der Waals surface area contributed by atoms with E-state index in [1.165, 1.54) is 6.92 Å². The molecule has 0 saturated carbocycles. The van der Waals surface area contributed by atoms with Gasteiger partial charge in [0.25, 0.3) is 0 Å². The highest BCUT2D eigenvalue weighted by atomic mass is 32.2. The molecule has 0 aromatic heterocycles. The van der Waals surface area contributed by atoms with Gasteiger partial charge in [-0.1, -0.05) is 48.5 Å². The molecule has 0 aliphatic heterocycles. The minimum atomic E-state index is -0.472. The average Bonchev–Trinajstić information content (AvgIpc) is 2.68. The van der Waals surface area contributed by atoms with Gasteiger partial charge in [0.05, 0.1) is 0 Å². The van der Waals surface area contributed by atoms with E-state index in [-0.39, 0.29) is 12.4 Å². The molecule has 0 saturated heterocycles. The number of Topliss-reactive ketones (excluding diaryl/α,β-unsaturated/α-hetero) is 1. The fourth-order valence-electron chi connectivity index (χ4n) is 2.56. The van der Waals surface area contributed by atoms with Crippen LogP contribution in [0, 0.1) is 0 Å². The van der Waals surface area contributed by atoms with Crippen molar-refractivity contribution in [1.82, 2.24) is 0 Å². The summed E-state index contributed by atoms with van der Waals surface area (Å²) in [4.78, 5) is 26.9. The first-order valence-corrected chi connectivity index (χ1v) is 9.49. The van der Waals surface area contributed by atoms with E-state index in [1.54, 1.807) is 6.07 Å². The van der Waals surface area contributed by atoms with Crippen LogP contribution in [0.15, 0.2) is 99.6 Å². The number of benzene rings is 3. The van der Waals surface area contributed by atoms with Crippen molar-refractivity contribution in [3.05, 3.63) is 90.5 Å². The summed E-state index contributed by atoms with van der Waals surface area (Å²) in [5, 5.41) is 0. The third-order valence-corrected chi connectivity index (χ3v) is 5.97. The lowest BCUT2D eigenvalue weighted by Gasteiger charge is -2.11. The normalized spacial score (nSPS) is 10.5. The van der Waals surface area contributed by atoms with E-state index in [4.69, 9.17) is 4.74 Å². The van der Waals surface area contributed by atoms with Crippen LogP contribution in [0.2, 0.25) is 0 Å². The number of rotatable bonds is 6. The molecule has 3 aromatic rings. The van der Waals surface area contributed by atoms with Crippen molar-refractivity contribution in [2.75, 3.05) is 6.61 Å². The first-order chi connectivity index (χ1) is 12.7. The summed E-state index contributed by atoms with van der Waals surface area (Å²) >= 11 is 0. The van der Waals surface area contributed by atoms with Gasteiger partial charge in [0.15, 0.2) is 20.5 Å². The van der Waals surface area contributed by atoms with Crippen LogP contribution in [-0.4, -0.2) is 18.4 Å².